The van der Waals surface area contributed by atoms with E-state index in [-0.39, 0.29) is 11.9 Å². The number of hydrogen-bond donors (Lipinski definition) is 0. The molecule has 0 atom stereocenters. The van der Waals surface area contributed by atoms with E-state index in [2.05, 4.69) is 48.7 Å². The van der Waals surface area contributed by atoms with Gasteiger partial charge in [-0.3, -0.25) is 14.7 Å². The predicted molar refractivity (Wildman–Crippen MR) is 136 cm³/mol. The summed E-state index contributed by atoms with van der Waals surface area (Å²) in [6.07, 6.45) is 5.45. The number of amides is 1. The second-order valence-electron chi connectivity index (χ2n) is 9.23. The van der Waals surface area contributed by atoms with E-state index < -0.39 is 0 Å². The number of carbonyl (C=O) groups excluding carboxylic acids is 1. The first-order valence-corrected chi connectivity index (χ1v) is 12.6. The molecule has 1 aliphatic rings. The first-order chi connectivity index (χ1) is 16.4. The molecule has 1 saturated heterocycles. The molecular formula is C26H30N6OS. The lowest BCUT2D eigenvalue weighted by Crippen LogP contribution is -2.48. The molecule has 1 fully saturated rings. The minimum Gasteiger partial charge on any atom is -0.336 e. The van der Waals surface area contributed by atoms with Crippen molar-refractivity contribution in [3.05, 3.63) is 63.7 Å². The fraction of sp³-hybridized carbons (Fsp3) is 0.385. The van der Waals surface area contributed by atoms with Crippen LogP contribution in [0.1, 0.15) is 45.6 Å². The van der Waals surface area contributed by atoms with E-state index in [0.717, 1.165) is 41.9 Å². The van der Waals surface area contributed by atoms with Gasteiger partial charge in [0.1, 0.15) is 0 Å². The highest BCUT2D eigenvalue weighted by molar-refractivity contribution is 7.12. The summed E-state index contributed by atoms with van der Waals surface area (Å²) < 4.78 is 1.91. The van der Waals surface area contributed by atoms with E-state index in [0.29, 0.717) is 18.7 Å². The number of thiophene rings is 1. The van der Waals surface area contributed by atoms with Crippen LogP contribution in [-0.4, -0.2) is 61.6 Å². The topological polar surface area (TPSA) is 67.2 Å². The molecule has 1 aliphatic heterocycles. The van der Waals surface area contributed by atoms with Gasteiger partial charge >= 0.3 is 0 Å². The fourth-order valence-electron chi connectivity index (χ4n) is 4.62. The summed E-state index contributed by atoms with van der Waals surface area (Å²) in [5.41, 5.74) is 4.65. The maximum atomic E-state index is 13.8. The van der Waals surface area contributed by atoms with Gasteiger partial charge in [0.15, 0.2) is 5.65 Å². The van der Waals surface area contributed by atoms with Crippen LogP contribution in [0.2, 0.25) is 0 Å². The molecule has 0 unspecified atom stereocenters. The third-order valence-electron chi connectivity index (χ3n) is 6.42. The fourth-order valence-corrected chi connectivity index (χ4v) is 5.55. The van der Waals surface area contributed by atoms with Gasteiger partial charge in [-0.25, -0.2) is 9.67 Å². The van der Waals surface area contributed by atoms with Crippen LogP contribution in [0.25, 0.3) is 22.3 Å². The first-order valence-electron chi connectivity index (χ1n) is 11.8. The van der Waals surface area contributed by atoms with Crippen molar-refractivity contribution in [1.29, 1.82) is 0 Å². The third-order valence-corrected chi connectivity index (χ3v) is 7.38. The van der Waals surface area contributed by atoms with E-state index in [9.17, 15) is 4.79 Å². The van der Waals surface area contributed by atoms with Crippen LogP contribution in [0.15, 0.2) is 42.9 Å². The number of fused-ring (bicyclic) bond motifs is 1. The Labute approximate surface area is 204 Å². The molecule has 1 amide bonds. The molecule has 0 N–H and O–H groups in total. The molecule has 34 heavy (non-hydrogen) atoms. The van der Waals surface area contributed by atoms with Crippen LogP contribution in [0.5, 0.6) is 0 Å². The Balaban J connectivity index is 1.44. The number of rotatable bonds is 5. The summed E-state index contributed by atoms with van der Waals surface area (Å²) in [6.45, 7) is 12.4. The number of piperazine rings is 1. The highest BCUT2D eigenvalue weighted by atomic mass is 32.1. The van der Waals surface area contributed by atoms with Crippen molar-refractivity contribution in [2.24, 2.45) is 0 Å². The van der Waals surface area contributed by atoms with Gasteiger partial charge in [0.2, 0.25) is 0 Å². The van der Waals surface area contributed by atoms with E-state index in [1.54, 1.807) is 17.5 Å². The summed E-state index contributed by atoms with van der Waals surface area (Å²) in [4.78, 5) is 29.7. The van der Waals surface area contributed by atoms with Gasteiger partial charge in [0, 0.05) is 66.5 Å². The monoisotopic (exact) mass is 474 g/mol. The Kier molecular flexibility index (Phi) is 6.18. The van der Waals surface area contributed by atoms with Crippen molar-refractivity contribution >= 4 is 28.3 Å². The van der Waals surface area contributed by atoms with Gasteiger partial charge in [-0.1, -0.05) is 0 Å². The normalized spacial score (nSPS) is 14.9. The highest BCUT2D eigenvalue weighted by Crippen LogP contribution is 2.33. The molecule has 7 nitrogen and oxygen atoms in total. The average Bonchev–Trinajstić information content (AvgIpc) is 3.41. The minimum atomic E-state index is 0.0603. The van der Waals surface area contributed by atoms with Gasteiger partial charge in [0.05, 0.1) is 22.8 Å². The number of carbonyl (C=O) groups is 1. The summed E-state index contributed by atoms with van der Waals surface area (Å²) in [5, 5.41) is 5.40. The minimum absolute atomic E-state index is 0.0603. The Morgan fingerprint density at radius 2 is 1.82 bits per heavy atom. The maximum Gasteiger partial charge on any atom is 0.254 e. The van der Waals surface area contributed by atoms with Crippen LogP contribution < -0.4 is 0 Å². The summed E-state index contributed by atoms with van der Waals surface area (Å²) >= 11 is 1.76. The summed E-state index contributed by atoms with van der Waals surface area (Å²) in [6, 6.07) is 8.39. The summed E-state index contributed by atoms with van der Waals surface area (Å²) in [5.74, 6) is 0.0603. The zero-order valence-electron chi connectivity index (χ0n) is 20.2. The van der Waals surface area contributed by atoms with Gasteiger partial charge < -0.3 is 4.90 Å². The smallest absolute Gasteiger partial charge is 0.254 e. The lowest BCUT2D eigenvalue weighted by molar-refractivity contribution is 0.0630. The van der Waals surface area contributed by atoms with Crippen LogP contribution >= 0.6 is 11.3 Å². The summed E-state index contributed by atoms with van der Waals surface area (Å²) in [7, 11) is 0. The Bertz CT molecular complexity index is 1320. The second-order valence-corrected chi connectivity index (χ2v) is 10.7. The lowest BCUT2D eigenvalue weighted by atomic mass is 10.1. The van der Waals surface area contributed by atoms with Crippen molar-refractivity contribution in [3.63, 3.8) is 0 Å². The van der Waals surface area contributed by atoms with Gasteiger partial charge in [0.25, 0.3) is 5.91 Å². The molecule has 0 saturated carbocycles. The van der Waals surface area contributed by atoms with Crippen molar-refractivity contribution < 1.29 is 4.79 Å². The quantitative estimate of drug-likeness (QED) is 0.419. The molecule has 8 heteroatoms. The van der Waals surface area contributed by atoms with Crippen LogP contribution in [0, 0.1) is 13.8 Å². The molecule has 4 aromatic rings. The number of aryl methyl sites for hydroxylation is 2. The van der Waals surface area contributed by atoms with Crippen molar-refractivity contribution in [2.75, 3.05) is 26.2 Å². The third kappa shape index (κ3) is 4.35. The molecule has 5 rings (SSSR count). The molecule has 0 spiro atoms. The van der Waals surface area contributed by atoms with Gasteiger partial charge in [-0.2, -0.15) is 5.10 Å². The van der Waals surface area contributed by atoms with Crippen LogP contribution in [-0.2, 0) is 6.54 Å². The van der Waals surface area contributed by atoms with Crippen LogP contribution in [0.3, 0.4) is 0 Å². The standard InChI is InChI=1S/C26H30N6OS/c1-17(2)32-25-23(15-28-32)22(14-24(29-25)21-13-18(3)34-19(21)4)26(33)31-11-9-30(10-12-31)16-20-5-7-27-8-6-20/h5-8,13-15,17H,9-12,16H2,1-4H3. The number of aromatic nitrogens is 4. The van der Waals surface area contributed by atoms with Gasteiger partial charge in [-0.15, -0.1) is 11.3 Å². The first kappa shape index (κ1) is 22.7. The molecular weight excluding hydrogens is 444 g/mol. The van der Waals surface area contributed by atoms with E-state index >= 15 is 0 Å². The molecule has 5 heterocycles. The number of pyridine rings is 2. The predicted octanol–water partition coefficient (Wildman–Crippen LogP) is 4.71. The zero-order chi connectivity index (χ0) is 23.8. The maximum absolute atomic E-state index is 13.8. The number of hydrogen-bond acceptors (Lipinski definition) is 6. The molecule has 176 valence electrons. The van der Waals surface area contributed by atoms with E-state index in [1.807, 2.05) is 40.2 Å². The zero-order valence-corrected chi connectivity index (χ0v) is 21.0. The van der Waals surface area contributed by atoms with Crippen molar-refractivity contribution in [2.45, 2.75) is 40.3 Å². The van der Waals surface area contributed by atoms with E-state index in [4.69, 9.17) is 4.98 Å². The van der Waals surface area contributed by atoms with Crippen molar-refractivity contribution in [1.82, 2.24) is 29.5 Å². The van der Waals surface area contributed by atoms with Gasteiger partial charge in [-0.05, 0) is 57.5 Å². The molecule has 0 aliphatic carbocycles. The van der Waals surface area contributed by atoms with Crippen molar-refractivity contribution in [3.8, 4) is 11.3 Å². The number of nitrogens with zero attached hydrogens (tertiary/aromatic N) is 6. The van der Waals surface area contributed by atoms with E-state index in [1.165, 1.54) is 15.3 Å². The highest BCUT2D eigenvalue weighted by Gasteiger charge is 2.26. The van der Waals surface area contributed by atoms with Crippen LogP contribution in [0.4, 0.5) is 0 Å². The molecule has 0 aromatic carbocycles. The average molecular weight is 475 g/mol. The molecule has 0 bridgehead atoms. The largest absolute Gasteiger partial charge is 0.336 e. The molecule has 0 radical (unpaired) electrons. The Morgan fingerprint density at radius 3 is 2.47 bits per heavy atom. The molecule has 4 aromatic heterocycles. The Morgan fingerprint density at radius 1 is 1.09 bits per heavy atom. The SMILES string of the molecule is Cc1cc(-c2cc(C(=O)N3CCN(Cc4ccncc4)CC3)c3cnn(C(C)C)c3n2)c(C)s1. The lowest BCUT2D eigenvalue weighted by Gasteiger charge is -2.35. The Hall–Kier alpha value is -3.10. The second kappa shape index (κ2) is 9.27.